The molecule has 0 aliphatic heterocycles. The molecule has 1 heterocycles. The van der Waals surface area contributed by atoms with Crippen molar-refractivity contribution >= 4 is 11.0 Å². The van der Waals surface area contributed by atoms with E-state index in [0.717, 1.165) is 0 Å². The third kappa shape index (κ3) is 4.00. The summed E-state index contributed by atoms with van der Waals surface area (Å²) in [5.41, 5.74) is -1.34. The Morgan fingerprint density at radius 2 is 1.57 bits per heavy atom. The Hall–Kier alpha value is -3.36. The first-order valence-electron chi connectivity index (χ1n) is 8.76. The molecule has 0 aliphatic rings. The van der Waals surface area contributed by atoms with Gasteiger partial charge < -0.3 is 23.4 Å². The summed E-state index contributed by atoms with van der Waals surface area (Å²) in [7, 11) is 4.45. The van der Waals surface area contributed by atoms with Crippen molar-refractivity contribution in [3.63, 3.8) is 0 Å². The molecule has 160 valence electrons. The fourth-order valence-corrected chi connectivity index (χ4v) is 3.11. The predicted octanol–water partition coefficient (Wildman–Crippen LogP) is 4.73. The summed E-state index contributed by atoms with van der Waals surface area (Å²) in [6, 6.07) is 6.46. The van der Waals surface area contributed by atoms with Crippen LogP contribution in [-0.2, 0) is 12.8 Å². The monoisotopic (exact) mass is 424 g/mol. The lowest BCUT2D eigenvalue weighted by atomic mass is 10.1. The van der Waals surface area contributed by atoms with Gasteiger partial charge in [-0.1, -0.05) is 0 Å². The lowest BCUT2D eigenvalue weighted by Crippen LogP contribution is -2.11. The fourth-order valence-electron chi connectivity index (χ4n) is 3.11. The van der Waals surface area contributed by atoms with Crippen molar-refractivity contribution in [2.75, 3.05) is 21.3 Å². The summed E-state index contributed by atoms with van der Waals surface area (Å²) in [6.07, 6.45) is -4.68. The number of benzene rings is 2. The average Bonchev–Trinajstić information content (AvgIpc) is 2.71. The van der Waals surface area contributed by atoms with Gasteiger partial charge in [0.1, 0.15) is 17.9 Å². The van der Waals surface area contributed by atoms with E-state index in [-0.39, 0.29) is 28.9 Å². The Morgan fingerprint density at radius 1 is 0.933 bits per heavy atom. The molecule has 9 heteroatoms. The van der Waals surface area contributed by atoms with E-state index in [0.29, 0.717) is 28.9 Å². The summed E-state index contributed by atoms with van der Waals surface area (Å²) < 4.78 is 66.4. The van der Waals surface area contributed by atoms with E-state index >= 15 is 0 Å². The third-order valence-corrected chi connectivity index (χ3v) is 4.54. The van der Waals surface area contributed by atoms with Gasteiger partial charge in [-0.3, -0.25) is 0 Å². The minimum atomic E-state index is -4.68. The minimum absolute atomic E-state index is 0.0618. The van der Waals surface area contributed by atoms with Gasteiger partial charge >= 0.3 is 11.8 Å². The lowest BCUT2D eigenvalue weighted by molar-refractivity contribution is -0.136. The van der Waals surface area contributed by atoms with Crippen molar-refractivity contribution in [1.82, 2.24) is 0 Å². The number of hydrogen-bond acceptors (Lipinski definition) is 6. The molecule has 0 aliphatic carbocycles. The second kappa shape index (κ2) is 8.17. The van der Waals surface area contributed by atoms with Gasteiger partial charge in [0.25, 0.3) is 0 Å². The fraction of sp³-hybridized carbons (Fsp3) is 0.286. The van der Waals surface area contributed by atoms with Crippen molar-refractivity contribution in [3.05, 3.63) is 57.4 Å². The highest BCUT2D eigenvalue weighted by molar-refractivity contribution is 5.85. The summed E-state index contributed by atoms with van der Waals surface area (Å²) in [4.78, 5) is 11.6. The van der Waals surface area contributed by atoms with Crippen LogP contribution in [0.3, 0.4) is 0 Å². The first-order valence-corrected chi connectivity index (χ1v) is 8.76. The van der Waals surface area contributed by atoms with Crippen molar-refractivity contribution in [2.24, 2.45) is 0 Å². The van der Waals surface area contributed by atoms with Crippen molar-refractivity contribution in [2.45, 2.75) is 19.7 Å². The van der Waals surface area contributed by atoms with Crippen molar-refractivity contribution < 1.29 is 36.5 Å². The number of methoxy groups -OCH3 is 3. The van der Waals surface area contributed by atoms with E-state index in [1.807, 2.05) is 0 Å². The molecule has 0 N–H and O–H groups in total. The lowest BCUT2D eigenvalue weighted by Gasteiger charge is -2.16. The van der Waals surface area contributed by atoms with Gasteiger partial charge in [0.15, 0.2) is 11.5 Å². The maximum absolute atomic E-state index is 13.3. The maximum atomic E-state index is 13.3. The van der Waals surface area contributed by atoms with Crippen LogP contribution in [0.4, 0.5) is 13.2 Å². The first kappa shape index (κ1) is 21.4. The van der Waals surface area contributed by atoms with Gasteiger partial charge in [0, 0.05) is 17.0 Å². The molecule has 0 saturated heterocycles. The first-order chi connectivity index (χ1) is 14.2. The van der Waals surface area contributed by atoms with Crippen LogP contribution in [0.1, 0.15) is 16.7 Å². The van der Waals surface area contributed by atoms with Crippen LogP contribution >= 0.6 is 0 Å². The highest BCUT2D eigenvalue weighted by Crippen LogP contribution is 2.39. The molecule has 6 nitrogen and oxygen atoms in total. The van der Waals surface area contributed by atoms with Crippen molar-refractivity contribution in [1.29, 1.82) is 0 Å². The Labute approximate surface area is 169 Å². The highest BCUT2D eigenvalue weighted by Gasteiger charge is 2.34. The van der Waals surface area contributed by atoms with E-state index in [9.17, 15) is 18.0 Å². The zero-order chi connectivity index (χ0) is 22.1. The van der Waals surface area contributed by atoms with Crippen LogP contribution in [0.2, 0.25) is 0 Å². The second-order valence-electron chi connectivity index (χ2n) is 6.36. The van der Waals surface area contributed by atoms with Crippen LogP contribution in [-0.4, -0.2) is 21.3 Å². The third-order valence-electron chi connectivity index (χ3n) is 4.54. The highest BCUT2D eigenvalue weighted by atomic mass is 19.4. The van der Waals surface area contributed by atoms with E-state index < -0.39 is 17.4 Å². The number of aryl methyl sites for hydroxylation is 1. The van der Waals surface area contributed by atoms with Gasteiger partial charge in [0.2, 0.25) is 5.75 Å². The summed E-state index contributed by atoms with van der Waals surface area (Å²) >= 11 is 0. The Morgan fingerprint density at radius 3 is 2.10 bits per heavy atom. The summed E-state index contributed by atoms with van der Waals surface area (Å²) in [5, 5.41) is -0.209. The Bertz CT molecular complexity index is 1110. The SMILES string of the molecule is COc1cc(COc2ccc3c(C(F)(F)F)cc(=O)oc3c2C)cc(OC)c1OC. The molecular formula is C21H19F3O6. The van der Waals surface area contributed by atoms with Gasteiger partial charge in [0.05, 0.1) is 26.9 Å². The van der Waals surface area contributed by atoms with Crippen molar-refractivity contribution in [3.8, 4) is 23.0 Å². The van der Waals surface area contributed by atoms with E-state index in [1.165, 1.54) is 40.4 Å². The predicted molar refractivity (Wildman–Crippen MR) is 103 cm³/mol. The smallest absolute Gasteiger partial charge is 0.417 e. The topological polar surface area (TPSA) is 67.1 Å². The van der Waals surface area contributed by atoms with Gasteiger partial charge in [-0.2, -0.15) is 13.2 Å². The molecule has 30 heavy (non-hydrogen) atoms. The molecule has 0 saturated carbocycles. The molecule has 3 aromatic rings. The van der Waals surface area contributed by atoms with E-state index in [4.69, 9.17) is 23.4 Å². The van der Waals surface area contributed by atoms with Gasteiger partial charge in [-0.15, -0.1) is 0 Å². The zero-order valence-corrected chi connectivity index (χ0v) is 16.7. The van der Waals surface area contributed by atoms with Gasteiger partial charge in [-0.25, -0.2) is 4.79 Å². The minimum Gasteiger partial charge on any atom is -0.493 e. The molecule has 0 radical (unpaired) electrons. The van der Waals surface area contributed by atoms with Crippen LogP contribution in [0.25, 0.3) is 11.0 Å². The molecule has 0 bridgehead atoms. The number of alkyl halides is 3. The molecule has 2 aromatic carbocycles. The molecule has 0 spiro atoms. The van der Waals surface area contributed by atoms with Crippen LogP contribution in [0.5, 0.6) is 23.0 Å². The number of fused-ring (bicyclic) bond motifs is 1. The molecule has 3 rings (SSSR count). The number of rotatable bonds is 6. The zero-order valence-electron chi connectivity index (χ0n) is 16.7. The average molecular weight is 424 g/mol. The number of hydrogen-bond donors (Lipinski definition) is 0. The van der Waals surface area contributed by atoms with Crippen LogP contribution in [0, 0.1) is 6.92 Å². The Kier molecular flexibility index (Phi) is 5.82. The molecule has 0 amide bonds. The molecule has 0 atom stereocenters. The molecular weight excluding hydrogens is 405 g/mol. The summed E-state index contributed by atoms with van der Waals surface area (Å²) in [5.74, 6) is 1.57. The molecule has 0 fully saturated rings. The second-order valence-corrected chi connectivity index (χ2v) is 6.36. The largest absolute Gasteiger partial charge is 0.493 e. The quantitative estimate of drug-likeness (QED) is 0.534. The maximum Gasteiger partial charge on any atom is 0.417 e. The normalized spacial score (nSPS) is 11.4. The Balaban J connectivity index is 1.98. The molecule has 1 aromatic heterocycles. The molecule has 0 unspecified atom stereocenters. The van der Waals surface area contributed by atoms with E-state index in [1.54, 1.807) is 12.1 Å². The van der Waals surface area contributed by atoms with Crippen LogP contribution < -0.4 is 24.6 Å². The van der Waals surface area contributed by atoms with Gasteiger partial charge in [-0.05, 0) is 36.8 Å². The standard InChI is InChI=1S/C21H19F3O6/c1-11-15(6-5-13-14(21(22,23)24)9-18(25)30-19(11)13)29-10-12-7-16(26-2)20(28-4)17(8-12)27-3/h5-9H,10H2,1-4H3. The number of ether oxygens (including phenoxy) is 4. The summed E-state index contributed by atoms with van der Waals surface area (Å²) in [6.45, 7) is 1.59. The van der Waals surface area contributed by atoms with E-state index in [2.05, 4.69) is 0 Å². The van der Waals surface area contributed by atoms with Crippen LogP contribution in [0.15, 0.2) is 39.5 Å². The number of halogens is 3.